The van der Waals surface area contributed by atoms with Gasteiger partial charge in [-0.25, -0.2) is 0 Å². The lowest BCUT2D eigenvalue weighted by Crippen LogP contribution is -2.18. The second kappa shape index (κ2) is 6.48. The molecule has 0 fully saturated rings. The molecule has 3 heteroatoms. The van der Waals surface area contributed by atoms with Crippen LogP contribution in [0.3, 0.4) is 0 Å². The molecule has 1 N–H and O–H groups in total. The molecule has 16 heavy (non-hydrogen) atoms. The topological polar surface area (TPSA) is 36.4 Å². The molecule has 90 valence electrons. The van der Waals surface area contributed by atoms with Gasteiger partial charge in [-0.3, -0.25) is 4.98 Å². The largest absolute Gasteiger partial charge is 0.387 e. The number of hydrogen-bond donors (Lipinski definition) is 1. The molecule has 0 spiro atoms. The maximum atomic E-state index is 9.62. The van der Waals surface area contributed by atoms with Crippen LogP contribution < -0.4 is 4.90 Å². The summed E-state index contributed by atoms with van der Waals surface area (Å²) in [6.07, 6.45) is 4.50. The number of rotatable bonds is 6. The van der Waals surface area contributed by atoms with Crippen LogP contribution >= 0.6 is 0 Å². The predicted molar refractivity (Wildman–Crippen MR) is 67.7 cm³/mol. The second-order valence-corrected chi connectivity index (χ2v) is 4.14. The quantitative estimate of drug-likeness (QED) is 0.804. The van der Waals surface area contributed by atoms with Crippen LogP contribution in [0.4, 0.5) is 5.69 Å². The van der Waals surface area contributed by atoms with Crippen molar-refractivity contribution in [2.45, 2.75) is 39.2 Å². The SMILES string of the molecule is CCCCN(C)c1ccc([C@H](O)CC)nc1. The van der Waals surface area contributed by atoms with Crippen LogP contribution in [-0.2, 0) is 0 Å². The summed E-state index contributed by atoms with van der Waals surface area (Å²) in [5, 5.41) is 9.62. The highest BCUT2D eigenvalue weighted by molar-refractivity contribution is 5.43. The minimum Gasteiger partial charge on any atom is -0.387 e. The first-order chi connectivity index (χ1) is 7.69. The van der Waals surface area contributed by atoms with E-state index in [0.717, 1.165) is 17.9 Å². The molecule has 0 saturated carbocycles. The van der Waals surface area contributed by atoms with Crippen molar-refractivity contribution in [2.24, 2.45) is 0 Å². The summed E-state index contributed by atoms with van der Waals surface area (Å²) in [4.78, 5) is 6.48. The van der Waals surface area contributed by atoms with Gasteiger partial charge < -0.3 is 10.0 Å². The van der Waals surface area contributed by atoms with E-state index in [1.165, 1.54) is 12.8 Å². The van der Waals surface area contributed by atoms with Crippen LogP contribution in [0.25, 0.3) is 0 Å². The van der Waals surface area contributed by atoms with Crippen molar-refractivity contribution < 1.29 is 5.11 Å². The van der Waals surface area contributed by atoms with E-state index >= 15 is 0 Å². The van der Waals surface area contributed by atoms with E-state index in [9.17, 15) is 5.11 Å². The van der Waals surface area contributed by atoms with Gasteiger partial charge >= 0.3 is 0 Å². The Balaban J connectivity index is 2.63. The van der Waals surface area contributed by atoms with Gasteiger partial charge in [-0.05, 0) is 25.0 Å². The number of nitrogens with zero attached hydrogens (tertiary/aromatic N) is 2. The number of aliphatic hydroxyl groups excluding tert-OH is 1. The maximum absolute atomic E-state index is 9.62. The average Bonchev–Trinajstić information content (AvgIpc) is 2.35. The molecule has 0 aliphatic heterocycles. The lowest BCUT2D eigenvalue weighted by Gasteiger charge is -2.19. The Kier molecular flexibility index (Phi) is 5.26. The fourth-order valence-electron chi connectivity index (χ4n) is 1.55. The summed E-state index contributed by atoms with van der Waals surface area (Å²) in [5.74, 6) is 0. The zero-order valence-electron chi connectivity index (χ0n) is 10.5. The minimum absolute atomic E-state index is 0.435. The van der Waals surface area contributed by atoms with Gasteiger partial charge in [0.25, 0.3) is 0 Å². The van der Waals surface area contributed by atoms with Crippen molar-refractivity contribution in [2.75, 3.05) is 18.5 Å². The molecule has 3 nitrogen and oxygen atoms in total. The summed E-state index contributed by atoms with van der Waals surface area (Å²) >= 11 is 0. The van der Waals surface area contributed by atoms with Crippen molar-refractivity contribution in [3.63, 3.8) is 0 Å². The van der Waals surface area contributed by atoms with Crippen LogP contribution in [0.1, 0.15) is 44.9 Å². The third kappa shape index (κ3) is 3.49. The molecule has 1 atom stereocenters. The Hall–Kier alpha value is -1.09. The Bertz CT molecular complexity index is 297. The Morgan fingerprint density at radius 2 is 2.12 bits per heavy atom. The maximum Gasteiger partial charge on any atom is 0.0957 e. The van der Waals surface area contributed by atoms with Crippen molar-refractivity contribution in [1.82, 2.24) is 4.98 Å². The molecular weight excluding hydrogens is 200 g/mol. The highest BCUT2D eigenvalue weighted by atomic mass is 16.3. The van der Waals surface area contributed by atoms with Crippen LogP contribution in [0, 0.1) is 0 Å². The van der Waals surface area contributed by atoms with E-state index in [4.69, 9.17) is 0 Å². The minimum atomic E-state index is -0.435. The molecule has 1 heterocycles. The van der Waals surface area contributed by atoms with Gasteiger partial charge in [0.1, 0.15) is 0 Å². The number of pyridine rings is 1. The number of hydrogen-bond acceptors (Lipinski definition) is 3. The van der Waals surface area contributed by atoms with Gasteiger partial charge in [0.05, 0.1) is 23.7 Å². The Morgan fingerprint density at radius 3 is 2.62 bits per heavy atom. The highest BCUT2D eigenvalue weighted by Crippen LogP contribution is 2.17. The highest BCUT2D eigenvalue weighted by Gasteiger charge is 2.07. The van der Waals surface area contributed by atoms with E-state index < -0.39 is 6.10 Å². The van der Waals surface area contributed by atoms with Crippen molar-refractivity contribution >= 4 is 5.69 Å². The second-order valence-electron chi connectivity index (χ2n) is 4.14. The van der Waals surface area contributed by atoms with Gasteiger partial charge in [0, 0.05) is 13.6 Å². The average molecular weight is 222 g/mol. The lowest BCUT2D eigenvalue weighted by atomic mass is 10.2. The number of aromatic nitrogens is 1. The number of anilines is 1. The van der Waals surface area contributed by atoms with Crippen molar-refractivity contribution in [3.8, 4) is 0 Å². The summed E-state index contributed by atoms with van der Waals surface area (Å²) < 4.78 is 0. The van der Waals surface area contributed by atoms with Crippen LogP contribution in [0.15, 0.2) is 18.3 Å². The molecule has 1 aromatic rings. The summed E-state index contributed by atoms with van der Waals surface area (Å²) in [6, 6.07) is 3.93. The molecule has 0 bridgehead atoms. The molecule has 0 amide bonds. The number of aliphatic hydroxyl groups is 1. The zero-order chi connectivity index (χ0) is 12.0. The van der Waals surface area contributed by atoms with Crippen molar-refractivity contribution in [3.05, 3.63) is 24.0 Å². The normalized spacial score (nSPS) is 12.5. The number of unbranched alkanes of at least 4 members (excludes halogenated alkanes) is 1. The molecule has 0 aromatic carbocycles. The van der Waals surface area contributed by atoms with Crippen LogP contribution in [-0.4, -0.2) is 23.7 Å². The first-order valence-electron chi connectivity index (χ1n) is 6.04. The van der Waals surface area contributed by atoms with Crippen LogP contribution in [0.5, 0.6) is 0 Å². The fourth-order valence-corrected chi connectivity index (χ4v) is 1.55. The van der Waals surface area contributed by atoms with Gasteiger partial charge in [-0.2, -0.15) is 0 Å². The van der Waals surface area contributed by atoms with Gasteiger partial charge in [0.15, 0.2) is 0 Å². The molecule has 0 aliphatic carbocycles. The van der Waals surface area contributed by atoms with Gasteiger partial charge in [-0.15, -0.1) is 0 Å². The fraction of sp³-hybridized carbons (Fsp3) is 0.615. The van der Waals surface area contributed by atoms with E-state index in [1.807, 2.05) is 25.3 Å². The lowest BCUT2D eigenvalue weighted by molar-refractivity contribution is 0.169. The summed E-state index contributed by atoms with van der Waals surface area (Å²) in [7, 11) is 2.07. The van der Waals surface area contributed by atoms with E-state index in [1.54, 1.807) is 0 Å². The zero-order valence-corrected chi connectivity index (χ0v) is 10.5. The first kappa shape index (κ1) is 13.0. The van der Waals surface area contributed by atoms with Gasteiger partial charge in [0.2, 0.25) is 0 Å². The molecule has 0 unspecified atom stereocenters. The molecular formula is C13H22N2O. The van der Waals surface area contributed by atoms with E-state index in [0.29, 0.717) is 6.42 Å². The molecule has 0 saturated heterocycles. The smallest absolute Gasteiger partial charge is 0.0957 e. The molecule has 0 radical (unpaired) electrons. The molecule has 1 rings (SSSR count). The van der Waals surface area contributed by atoms with Gasteiger partial charge in [-0.1, -0.05) is 20.3 Å². The summed E-state index contributed by atoms with van der Waals surface area (Å²) in [6.45, 7) is 5.19. The van der Waals surface area contributed by atoms with Crippen LogP contribution in [0.2, 0.25) is 0 Å². The van der Waals surface area contributed by atoms with Crippen molar-refractivity contribution in [1.29, 1.82) is 0 Å². The molecule has 0 aliphatic rings. The summed E-state index contributed by atoms with van der Waals surface area (Å²) in [5.41, 5.74) is 1.87. The molecule has 1 aromatic heterocycles. The predicted octanol–water partition coefficient (Wildman–Crippen LogP) is 2.76. The third-order valence-corrected chi connectivity index (χ3v) is 2.79. The standard InChI is InChI=1S/C13H22N2O/c1-4-6-9-15(3)11-7-8-12(14-10-11)13(16)5-2/h7-8,10,13,16H,4-6,9H2,1-3H3/t13-/m1/s1. The third-order valence-electron chi connectivity index (χ3n) is 2.79. The monoisotopic (exact) mass is 222 g/mol. The Labute approximate surface area is 98.1 Å². The van der Waals surface area contributed by atoms with E-state index in [2.05, 4.69) is 23.9 Å². The Morgan fingerprint density at radius 1 is 1.38 bits per heavy atom. The van der Waals surface area contributed by atoms with E-state index in [-0.39, 0.29) is 0 Å². The first-order valence-corrected chi connectivity index (χ1v) is 6.04.